The number of halogens is 2. The third-order valence-electron chi connectivity index (χ3n) is 7.98. The summed E-state index contributed by atoms with van der Waals surface area (Å²) in [4.78, 5) is 32.4. The van der Waals surface area contributed by atoms with E-state index in [-0.39, 0.29) is 11.9 Å². The van der Waals surface area contributed by atoms with Crippen LogP contribution in [0.3, 0.4) is 0 Å². The van der Waals surface area contributed by atoms with Crippen LogP contribution in [0, 0.1) is 5.92 Å². The average molecular weight is 559 g/mol. The van der Waals surface area contributed by atoms with Gasteiger partial charge < -0.3 is 25.0 Å². The number of hydrogen-bond donors (Lipinski definition) is 3. The highest BCUT2D eigenvalue weighted by atomic mass is 35.5. The number of rotatable bonds is 6. The summed E-state index contributed by atoms with van der Waals surface area (Å²) in [7, 11) is 1.67. The number of H-pyrrole nitrogens is 1. The number of nitrogens with zero attached hydrogens (tertiary/aromatic N) is 2. The molecule has 3 heterocycles. The fourth-order valence-electron chi connectivity index (χ4n) is 5.93. The Kier molecular flexibility index (Phi) is 8.02. The van der Waals surface area contributed by atoms with E-state index in [1.165, 1.54) is 10.9 Å². The summed E-state index contributed by atoms with van der Waals surface area (Å²) in [5.41, 5.74) is 2.93. The Hall–Kier alpha value is -2.94. The zero-order valence-electron chi connectivity index (χ0n) is 21.3. The van der Waals surface area contributed by atoms with Crippen LogP contribution in [0.25, 0.3) is 10.9 Å². The molecular formula is C28H32Cl2N4O4. The summed E-state index contributed by atoms with van der Waals surface area (Å²) in [5.74, 6) is 0.418. The Balaban J connectivity index is 1.18. The molecule has 2 amide bonds. The van der Waals surface area contributed by atoms with Gasteiger partial charge in [0.15, 0.2) is 0 Å². The number of aromatic amines is 1. The molecule has 38 heavy (non-hydrogen) atoms. The highest BCUT2D eigenvalue weighted by Crippen LogP contribution is 2.36. The summed E-state index contributed by atoms with van der Waals surface area (Å²) in [6.45, 7) is 2.48. The van der Waals surface area contributed by atoms with Gasteiger partial charge in [-0.15, -0.1) is 0 Å². The molecule has 0 saturated carbocycles. The van der Waals surface area contributed by atoms with Crippen molar-refractivity contribution >= 4 is 51.8 Å². The topological polar surface area (TPSA) is 97.9 Å². The van der Waals surface area contributed by atoms with Gasteiger partial charge in [-0.25, -0.2) is 4.79 Å². The lowest BCUT2D eigenvalue weighted by atomic mass is 9.84. The van der Waals surface area contributed by atoms with Gasteiger partial charge in [0.2, 0.25) is 0 Å². The molecule has 0 spiro atoms. The number of likely N-dealkylation sites (tertiary alicyclic amines) is 2. The zero-order chi connectivity index (χ0) is 26.8. The maximum atomic E-state index is 12.8. The van der Waals surface area contributed by atoms with Crippen LogP contribution in [-0.4, -0.2) is 71.2 Å². The van der Waals surface area contributed by atoms with E-state index in [0.29, 0.717) is 47.6 Å². The molecule has 0 radical (unpaired) electrons. The molecule has 2 aliphatic rings. The molecule has 202 valence electrons. The predicted octanol–water partition coefficient (Wildman–Crippen LogP) is 6.06. The second-order valence-corrected chi connectivity index (χ2v) is 10.9. The van der Waals surface area contributed by atoms with Crippen LogP contribution in [0.5, 0.6) is 5.75 Å². The maximum absolute atomic E-state index is 12.8. The lowest BCUT2D eigenvalue weighted by Gasteiger charge is -2.41. The van der Waals surface area contributed by atoms with Crippen LogP contribution in [-0.2, 0) is 4.79 Å². The molecule has 0 bridgehead atoms. The Morgan fingerprint density at radius 1 is 1.03 bits per heavy atom. The fraction of sp³-hybridized carbons (Fsp3) is 0.429. The molecule has 2 aromatic carbocycles. The van der Waals surface area contributed by atoms with Crippen molar-refractivity contribution in [2.75, 3.05) is 38.6 Å². The molecule has 2 aliphatic heterocycles. The number of hydrogen-bond acceptors (Lipinski definition) is 4. The summed E-state index contributed by atoms with van der Waals surface area (Å²) >= 11 is 12.0. The van der Waals surface area contributed by atoms with Crippen LogP contribution < -0.4 is 10.1 Å². The standard InChI is InChI=1S/C28H32Cl2N4O4/c1-38-20-3-5-25-21(15-20)22(16-31-25)17-6-10-33(11-7-17)26(27(35)36)18-8-12-34(13-9-18)28(37)32-19-2-4-23(29)24(30)14-19/h2-5,14-18,26,31H,6-13H2,1H3,(H,32,37)(H,35,36). The van der Waals surface area contributed by atoms with Gasteiger partial charge >= 0.3 is 12.0 Å². The maximum Gasteiger partial charge on any atom is 0.321 e. The third kappa shape index (κ3) is 5.58. The Morgan fingerprint density at radius 3 is 2.42 bits per heavy atom. The van der Waals surface area contributed by atoms with Crippen molar-refractivity contribution in [1.82, 2.24) is 14.8 Å². The van der Waals surface area contributed by atoms with Crippen molar-refractivity contribution in [2.45, 2.75) is 37.6 Å². The van der Waals surface area contributed by atoms with Gasteiger partial charge in [0.1, 0.15) is 11.8 Å². The zero-order valence-corrected chi connectivity index (χ0v) is 22.8. The van der Waals surface area contributed by atoms with Gasteiger partial charge in [-0.2, -0.15) is 0 Å². The normalized spacial score (nSPS) is 18.4. The number of benzene rings is 2. The Morgan fingerprint density at radius 2 is 1.76 bits per heavy atom. The van der Waals surface area contributed by atoms with Gasteiger partial charge in [0.25, 0.3) is 0 Å². The van der Waals surface area contributed by atoms with E-state index in [2.05, 4.69) is 27.5 Å². The molecule has 8 nitrogen and oxygen atoms in total. The number of carbonyl (C=O) groups is 2. The van der Waals surface area contributed by atoms with Crippen molar-refractivity contribution in [3.63, 3.8) is 0 Å². The number of carboxylic acid groups (broad SMARTS) is 1. The van der Waals surface area contributed by atoms with Gasteiger partial charge in [-0.05, 0) is 92.6 Å². The van der Waals surface area contributed by atoms with Crippen LogP contribution in [0.4, 0.5) is 10.5 Å². The quantitative estimate of drug-likeness (QED) is 0.341. The highest BCUT2D eigenvalue weighted by molar-refractivity contribution is 6.42. The van der Waals surface area contributed by atoms with Crippen LogP contribution in [0.2, 0.25) is 10.0 Å². The number of carboxylic acids is 1. The number of fused-ring (bicyclic) bond motifs is 1. The molecule has 1 aromatic heterocycles. The van der Waals surface area contributed by atoms with Crippen LogP contribution in [0.1, 0.15) is 37.2 Å². The molecular weight excluding hydrogens is 527 g/mol. The minimum absolute atomic E-state index is 0.00423. The Bertz CT molecular complexity index is 1310. The fourth-order valence-corrected chi connectivity index (χ4v) is 6.22. The molecule has 3 aromatic rings. The lowest BCUT2D eigenvalue weighted by Crippen LogP contribution is -2.52. The first kappa shape index (κ1) is 26.7. The van der Waals surface area contributed by atoms with Crippen LogP contribution >= 0.6 is 23.2 Å². The SMILES string of the molecule is COc1ccc2[nH]cc(C3CCN(C(C(=O)O)C4CCN(C(=O)Nc5ccc(Cl)c(Cl)c5)CC4)CC3)c2c1. The summed E-state index contributed by atoms with van der Waals surface area (Å²) in [5, 5.41) is 15.0. The number of urea groups is 1. The second kappa shape index (κ2) is 11.4. The molecule has 5 rings (SSSR count). The largest absolute Gasteiger partial charge is 0.497 e. The van der Waals surface area contributed by atoms with E-state index >= 15 is 0 Å². The van der Waals surface area contributed by atoms with Gasteiger partial charge in [-0.3, -0.25) is 9.69 Å². The number of aromatic nitrogens is 1. The van der Waals surface area contributed by atoms with E-state index in [9.17, 15) is 14.7 Å². The average Bonchev–Trinajstić information content (AvgIpc) is 3.34. The van der Waals surface area contributed by atoms with E-state index in [1.807, 2.05) is 12.1 Å². The minimum atomic E-state index is -0.779. The van der Waals surface area contributed by atoms with Crippen LogP contribution in [0.15, 0.2) is 42.6 Å². The van der Waals surface area contributed by atoms with Crippen molar-refractivity contribution in [3.05, 3.63) is 58.2 Å². The van der Waals surface area contributed by atoms with E-state index < -0.39 is 12.0 Å². The number of aliphatic carboxylic acids is 1. The summed E-state index contributed by atoms with van der Waals surface area (Å²) < 4.78 is 5.41. The molecule has 1 atom stereocenters. The second-order valence-electron chi connectivity index (χ2n) is 10.1. The number of anilines is 1. The van der Waals surface area contributed by atoms with E-state index in [1.54, 1.807) is 30.2 Å². The van der Waals surface area contributed by atoms with Crippen molar-refractivity contribution in [3.8, 4) is 5.75 Å². The third-order valence-corrected chi connectivity index (χ3v) is 8.72. The first-order chi connectivity index (χ1) is 18.3. The summed E-state index contributed by atoms with van der Waals surface area (Å²) in [6, 6.07) is 10.3. The van der Waals surface area contributed by atoms with Gasteiger partial charge in [0.05, 0.1) is 17.2 Å². The molecule has 0 aliphatic carbocycles. The molecule has 3 N–H and O–H groups in total. The molecule has 10 heteroatoms. The van der Waals surface area contributed by atoms with Crippen molar-refractivity contribution in [1.29, 1.82) is 0 Å². The summed E-state index contributed by atoms with van der Waals surface area (Å²) in [6.07, 6.45) is 5.18. The van der Waals surface area contributed by atoms with Crippen molar-refractivity contribution < 1.29 is 19.4 Å². The number of nitrogens with one attached hydrogen (secondary N) is 2. The molecule has 2 fully saturated rings. The molecule has 2 saturated heterocycles. The first-order valence-corrected chi connectivity index (χ1v) is 13.7. The number of ether oxygens (including phenoxy) is 1. The van der Waals surface area contributed by atoms with Crippen molar-refractivity contribution in [2.24, 2.45) is 5.92 Å². The lowest BCUT2D eigenvalue weighted by molar-refractivity contribution is -0.146. The smallest absolute Gasteiger partial charge is 0.321 e. The monoisotopic (exact) mass is 558 g/mol. The number of amides is 2. The van der Waals surface area contributed by atoms with E-state index in [0.717, 1.165) is 37.2 Å². The molecule has 1 unspecified atom stereocenters. The van der Waals surface area contributed by atoms with E-state index in [4.69, 9.17) is 27.9 Å². The van der Waals surface area contributed by atoms with Gasteiger partial charge in [-0.1, -0.05) is 23.2 Å². The number of carbonyl (C=O) groups excluding carboxylic acids is 1. The van der Waals surface area contributed by atoms with Gasteiger partial charge in [0, 0.05) is 35.9 Å². The Labute approximate surface area is 231 Å². The number of piperidine rings is 2. The minimum Gasteiger partial charge on any atom is -0.497 e. The predicted molar refractivity (Wildman–Crippen MR) is 150 cm³/mol. The highest BCUT2D eigenvalue weighted by Gasteiger charge is 2.38. The first-order valence-electron chi connectivity index (χ1n) is 13.0. The number of methoxy groups -OCH3 is 1.